The van der Waals surface area contributed by atoms with Crippen molar-refractivity contribution in [3.63, 3.8) is 0 Å². The van der Waals surface area contributed by atoms with E-state index in [1.165, 1.54) is 0 Å². The third kappa shape index (κ3) is 7.82. The Labute approximate surface area is 122 Å². The van der Waals surface area contributed by atoms with Crippen LogP contribution in [0.3, 0.4) is 0 Å². The molecule has 1 aliphatic heterocycles. The second kappa shape index (κ2) is 9.32. The van der Waals surface area contributed by atoms with E-state index < -0.39 is 0 Å². The summed E-state index contributed by atoms with van der Waals surface area (Å²) >= 11 is 0. The van der Waals surface area contributed by atoms with Gasteiger partial charge in [0.25, 0.3) is 0 Å². The van der Waals surface area contributed by atoms with Gasteiger partial charge in [0.1, 0.15) is 0 Å². The molecule has 0 saturated carbocycles. The Bertz CT molecular complexity index is 281. The maximum Gasteiger partial charge on any atom is 0.305 e. The molecule has 1 N–H and O–H groups in total. The number of morpholine rings is 1. The van der Waals surface area contributed by atoms with Gasteiger partial charge < -0.3 is 19.5 Å². The largest absolute Gasteiger partial charge is 0.466 e. The predicted octanol–water partition coefficient (Wildman–Crippen LogP) is 1.89. The first kappa shape index (κ1) is 17.4. The van der Waals surface area contributed by atoms with Crippen LogP contribution in [0.15, 0.2) is 0 Å². The van der Waals surface area contributed by atoms with Crippen LogP contribution in [0, 0.1) is 0 Å². The van der Waals surface area contributed by atoms with Gasteiger partial charge in [0.05, 0.1) is 24.9 Å². The van der Waals surface area contributed by atoms with Crippen molar-refractivity contribution in [1.82, 2.24) is 5.32 Å². The minimum atomic E-state index is -0.105. The Morgan fingerprint density at radius 3 is 2.85 bits per heavy atom. The molecule has 1 rings (SSSR count). The Hall–Kier alpha value is -0.650. The van der Waals surface area contributed by atoms with E-state index in [2.05, 4.69) is 19.2 Å². The van der Waals surface area contributed by atoms with Gasteiger partial charge in [-0.25, -0.2) is 0 Å². The van der Waals surface area contributed by atoms with E-state index in [1.807, 2.05) is 6.92 Å². The van der Waals surface area contributed by atoms with Crippen LogP contribution in [-0.2, 0) is 19.0 Å². The fourth-order valence-corrected chi connectivity index (χ4v) is 2.26. The molecule has 1 unspecified atom stereocenters. The van der Waals surface area contributed by atoms with Crippen molar-refractivity contribution in [1.29, 1.82) is 0 Å². The van der Waals surface area contributed by atoms with E-state index in [1.54, 1.807) is 0 Å². The number of hydrogen-bond acceptors (Lipinski definition) is 5. The number of carbonyl (C=O) groups excluding carboxylic acids is 1. The molecule has 20 heavy (non-hydrogen) atoms. The van der Waals surface area contributed by atoms with Crippen molar-refractivity contribution in [2.75, 3.05) is 32.9 Å². The van der Waals surface area contributed by atoms with Crippen LogP contribution < -0.4 is 5.32 Å². The standard InChI is InChI=1S/C15H29NO4/c1-4-19-14(17)8-6-5-7-9-18-11-13-10-16-12-15(2,3)20-13/h13,16H,4-12H2,1-3H3. The lowest BCUT2D eigenvalue weighted by molar-refractivity contribution is -0.143. The van der Waals surface area contributed by atoms with Crippen LogP contribution >= 0.6 is 0 Å². The third-order valence-corrected chi connectivity index (χ3v) is 3.19. The highest BCUT2D eigenvalue weighted by atomic mass is 16.5. The monoisotopic (exact) mass is 287 g/mol. The van der Waals surface area contributed by atoms with Gasteiger partial charge in [0.15, 0.2) is 0 Å². The zero-order valence-electron chi connectivity index (χ0n) is 13.1. The lowest BCUT2D eigenvalue weighted by Crippen LogP contribution is -2.51. The van der Waals surface area contributed by atoms with Crippen molar-refractivity contribution < 1.29 is 19.0 Å². The maximum atomic E-state index is 11.1. The molecular formula is C15H29NO4. The van der Waals surface area contributed by atoms with E-state index in [4.69, 9.17) is 14.2 Å². The maximum absolute atomic E-state index is 11.1. The first-order valence-electron chi connectivity index (χ1n) is 7.65. The topological polar surface area (TPSA) is 56.8 Å². The van der Waals surface area contributed by atoms with Gasteiger partial charge in [-0.2, -0.15) is 0 Å². The Morgan fingerprint density at radius 1 is 1.35 bits per heavy atom. The first-order valence-corrected chi connectivity index (χ1v) is 7.65. The summed E-state index contributed by atoms with van der Waals surface area (Å²) in [5.41, 5.74) is -0.105. The van der Waals surface area contributed by atoms with Crippen LogP contribution in [0.5, 0.6) is 0 Å². The molecule has 1 fully saturated rings. The Kier molecular flexibility index (Phi) is 8.11. The molecule has 1 atom stereocenters. The quantitative estimate of drug-likeness (QED) is 0.518. The van der Waals surface area contributed by atoms with Gasteiger partial charge in [0, 0.05) is 26.1 Å². The molecule has 0 bridgehead atoms. The fourth-order valence-electron chi connectivity index (χ4n) is 2.26. The lowest BCUT2D eigenvalue weighted by Gasteiger charge is -2.36. The molecular weight excluding hydrogens is 258 g/mol. The molecule has 1 saturated heterocycles. The summed E-state index contributed by atoms with van der Waals surface area (Å²) in [4.78, 5) is 11.1. The molecule has 5 heteroatoms. The van der Waals surface area contributed by atoms with Crippen molar-refractivity contribution in [2.24, 2.45) is 0 Å². The number of nitrogens with one attached hydrogen (secondary N) is 1. The number of unbranched alkanes of at least 4 members (excludes halogenated alkanes) is 2. The first-order chi connectivity index (χ1) is 9.53. The third-order valence-electron chi connectivity index (χ3n) is 3.19. The van der Waals surface area contributed by atoms with Gasteiger partial charge in [0.2, 0.25) is 0 Å². The number of esters is 1. The second-order valence-corrected chi connectivity index (χ2v) is 5.82. The molecule has 0 aromatic rings. The summed E-state index contributed by atoms with van der Waals surface area (Å²) in [6.07, 6.45) is 3.49. The van der Waals surface area contributed by atoms with Gasteiger partial charge in [-0.1, -0.05) is 6.42 Å². The van der Waals surface area contributed by atoms with Crippen LogP contribution in [0.4, 0.5) is 0 Å². The van der Waals surface area contributed by atoms with Crippen LogP contribution in [-0.4, -0.2) is 50.6 Å². The van der Waals surface area contributed by atoms with Crippen molar-refractivity contribution in [3.05, 3.63) is 0 Å². The Balaban J connectivity index is 1.93. The lowest BCUT2D eigenvalue weighted by atomic mass is 10.1. The summed E-state index contributed by atoms with van der Waals surface area (Å²) in [5.74, 6) is -0.0997. The average Bonchev–Trinajstić information content (AvgIpc) is 2.37. The molecule has 5 nitrogen and oxygen atoms in total. The summed E-state index contributed by atoms with van der Waals surface area (Å²) in [7, 11) is 0. The SMILES string of the molecule is CCOC(=O)CCCCCOCC1CNCC(C)(C)O1. The molecule has 1 aliphatic rings. The molecule has 0 aromatic carbocycles. The van der Waals surface area contributed by atoms with Crippen LogP contribution in [0.25, 0.3) is 0 Å². The highest BCUT2D eigenvalue weighted by Gasteiger charge is 2.28. The van der Waals surface area contributed by atoms with Crippen molar-refractivity contribution in [2.45, 2.75) is 58.2 Å². The number of rotatable bonds is 9. The number of hydrogen-bond donors (Lipinski definition) is 1. The van der Waals surface area contributed by atoms with Crippen LogP contribution in [0.1, 0.15) is 46.5 Å². The van der Waals surface area contributed by atoms with E-state index in [-0.39, 0.29) is 17.7 Å². The minimum absolute atomic E-state index is 0.0997. The average molecular weight is 287 g/mol. The van der Waals surface area contributed by atoms with Gasteiger partial charge in [-0.05, 0) is 33.6 Å². The number of carbonyl (C=O) groups is 1. The summed E-state index contributed by atoms with van der Waals surface area (Å²) in [6, 6.07) is 0. The predicted molar refractivity (Wildman–Crippen MR) is 77.7 cm³/mol. The highest BCUT2D eigenvalue weighted by Crippen LogP contribution is 2.15. The van der Waals surface area contributed by atoms with Gasteiger partial charge >= 0.3 is 5.97 Å². The zero-order valence-corrected chi connectivity index (χ0v) is 13.1. The minimum Gasteiger partial charge on any atom is -0.466 e. The molecule has 0 spiro atoms. The number of ether oxygens (including phenoxy) is 3. The van der Waals surface area contributed by atoms with E-state index in [9.17, 15) is 4.79 Å². The molecule has 118 valence electrons. The van der Waals surface area contributed by atoms with Gasteiger partial charge in [-0.3, -0.25) is 4.79 Å². The van der Waals surface area contributed by atoms with E-state index in [0.717, 1.165) is 39.0 Å². The fraction of sp³-hybridized carbons (Fsp3) is 0.933. The molecule has 0 radical (unpaired) electrons. The normalized spacial score (nSPS) is 21.6. The zero-order chi connectivity index (χ0) is 14.8. The smallest absolute Gasteiger partial charge is 0.305 e. The molecule has 0 amide bonds. The molecule has 1 heterocycles. The highest BCUT2D eigenvalue weighted by molar-refractivity contribution is 5.69. The summed E-state index contributed by atoms with van der Waals surface area (Å²) in [6.45, 7) is 9.56. The van der Waals surface area contributed by atoms with Crippen molar-refractivity contribution >= 4 is 5.97 Å². The van der Waals surface area contributed by atoms with Gasteiger partial charge in [-0.15, -0.1) is 0 Å². The Morgan fingerprint density at radius 2 is 2.15 bits per heavy atom. The van der Waals surface area contributed by atoms with E-state index >= 15 is 0 Å². The second-order valence-electron chi connectivity index (χ2n) is 5.82. The van der Waals surface area contributed by atoms with Crippen molar-refractivity contribution in [3.8, 4) is 0 Å². The summed E-state index contributed by atoms with van der Waals surface area (Å²) in [5, 5.41) is 3.35. The molecule has 0 aromatic heterocycles. The van der Waals surface area contributed by atoms with E-state index in [0.29, 0.717) is 19.6 Å². The molecule has 0 aliphatic carbocycles. The van der Waals surface area contributed by atoms with Crippen LogP contribution in [0.2, 0.25) is 0 Å². The summed E-state index contributed by atoms with van der Waals surface area (Å²) < 4.78 is 16.4.